The van der Waals surface area contributed by atoms with Crippen molar-refractivity contribution in [1.29, 1.82) is 0 Å². The van der Waals surface area contributed by atoms with Crippen molar-refractivity contribution in [2.45, 2.75) is 32.4 Å². The third-order valence-corrected chi connectivity index (χ3v) is 2.94. The van der Waals surface area contributed by atoms with Crippen molar-refractivity contribution < 1.29 is 4.79 Å². The molecule has 3 N–H and O–H groups in total. The predicted octanol–water partition coefficient (Wildman–Crippen LogP) is 2.57. The minimum Gasteiger partial charge on any atom is -0.346 e. The van der Waals surface area contributed by atoms with Gasteiger partial charge in [0.25, 0.3) is 0 Å². The summed E-state index contributed by atoms with van der Waals surface area (Å²) in [5.74, 6) is -0.145. The Hall–Kier alpha value is -0.580. The van der Waals surface area contributed by atoms with Gasteiger partial charge in [-0.1, -0.05) is 28.1 Å². The Morgan fingerprint density at radius 3 is 2.24 bits per heavy atom. The Labute approximate surface area is 117 Å². The van der Waals surface area contributed by atoms with Gasteiger partial charge in [0, 0.05) is 4.47 Å². The highest BCUT2D eigenvalue weighted by atomic mass is 79.9. The van der Waals surface area contributed by atoms with E-state index in [-0.39, 0.29) is 18.3 Å². The van der Waals surface area contributed by atoms with E-state index in [9.17, 15) is 4.79 Å². The van der Waals surface area contributed by atoms with Crippen LogP contribution in [0.1, 0.15) is 26.3 Å². The number of amides is 1. The molecule has 0 aliphatic carbocycles. The van der Waals surface area contributed by atoms with Crippen LogP contribution in [0.25, 0.3) is 0 Å². The molecule has 1 atom stereocenters. The Morgan fingerprint density at radius 1 is 1.35 bits per heavy atom. The smallest absolute Gasteiger partial charge is 0.237 e. The largest absolute Gasteiger partial charge is 0.346 e. The monoisotopic (exact) mass is 320 g/mol. The van der Waals surface area contributed by atoms with Gasteiger partial charge >= 0.3 is 0 Å². The van der Waals surface area contributed by atoms with Crippen LogP contribution in [0.15, 0.2) is 28.7 Å². The lowest BCUT2D eigenvalue weighted by atomic mass is 9.94. The summed E-state index contributed by atoms with van der Waals surface area (Å²) in [6, 6.07) is 7.37. The van der Waals surface area contributed by atoms with E-state index in [2.05, 4.69) is 21.2 Å². The molecule has 5 heteroatoms. The number of hydrogen-bond acceptors (Lipinski definition) is 2. The summed E-state index contributed by atoms with van der Waals surface area (Å²) < 4.78 is 1.02. The Kier molecular flexibility index (Phi) is 6.16. The molecule has 0 spiro atoms. The third kappa shape index (κ3) is 4.66. The lowest BCUT2D eigenvalue weighted by Gasteiger charge is -2.28. The first kappa shape index (κ1) is 16.4. The molecule has 0 aliphatic heterocycles. The topological polar surface area (TPSA) is 55.1 Å². The molecule has 1 amide bonds. The first-order chi connectivity index (χ1) is 7.33. The second-order valence-corrected chi connectivity index (χ2v) is 5.33. The normalized spacial score (nSPS) is 12.5. The number of carbonyl (C=O) groups excluding carboxylic acids is 1. The highest BCUT2D eigenvalue weighted by Gasteiger charge is 2.23. The lowest BCUT2D eigenvalue weighted by molar-refractivity contribution is -0.123. The van der Waals surface area contributed by atoms with Gasteiger partial charge in [0.2, 0.25) is 5.91 Å². The van der Waals surface area contributed by atoms with Crippen LogP contribution in [0.3, 0.4) is 0 Å². The molecule has 0 saturated carbocycles. The van der Waals surface area contributed by atoms with Crippen LogP contribution in [-0.2, 0) is 10.3 Å². The van der Waals surface area contributed by atoms with Crippen LogP contribution in [0, 0.1) is 0 Å². The molecule has 0 unspecified atom stereocenters. The van der Waals surface area contributed by atoms with Gasteiger partial charge in [0.05, 0.1) is 11.6 Å². The van der Waals surface area contributed by atoms with Crippen molar-refractivity contribution in [3.63, 3.8) is 0 Å². The van der Waals surface area contributed by atoms with Crippen LogP contribution in [0.5, 0.6) is 0 Å². The summed E-state index contributed by atoms with van der Waals surface area (Å²) in [7, 11) is 0. The van der Waals surface area contributed by atoms with E-state index in [1.165, 1.54) is 0 Å². The maximum absolute atomic E-state index is 11.6. The Morgan fingerprint density at radius 2 is 1.82 bits per heavy atom. The van der Waals surface area contributed by atoms with E-state index < -0.39 is 11.6 Å². The van der Waals surface area contributed by atoms with Crippen LogP contribution < -0.4 is 11.1 Å². The van der Waals surface area contributed by atoms with Gasteiger partial charge in [-0.15, -0.1) is 12.4 Å². The standard InChI is InChI=1S/C12H17BrN2O.ClH/c1-8(14)11(16)15-12(2,3)9-4-6-10(13)7-5-9;/h4-8H,14H2,1-3H3,(H,15,16);1H/t8-;/m1./s1. The van der Waals surface area contributed by atoms with Crippen molar-refractivity contribution >= 4 is 34.2 Å². The van der Waals surface area contributed by atoms with Gasteiger partial charge in [0.1, 0.15) is 0 Å². The van der Waals surface area contributed by atoms with E-state index in [0.717, 1.165) is 10.0 Å². The summed E-state index contributed by atoms with van der Waals surface area (Å²) in [5, 5.41) is 2.91. The van der Waals surface area contributed by atoms with Crippen molar-refractivity contribution in [3.8, 4) is 0 Å². The molecule has 0 heterocycles. The number of halogens is 2. The van der Waals surface area contributed by atoms with E-state index >= 15 is 0 Å². The van der Waals surface area contributed by atoms with Gasteiger partial charge in [-0.25, -0.2) is 0 Å². The molecule has 17 heavy (non-hydrogen) atoms. The zero-order chi connectivity index (χ0) is 12.3. The molecule has 0 fully saturated rings. The first-order valence-electron chi connectivity index (χ1n) is 5.16. The second kappa shape index (κ2) is 6.38. The molecule has 0 saturated heterocycles. The van der Waals surface area contributed by atoms with Crippen LogP contribution >= 0.6 is 28.3 Å². The number of rotatable bonds is 3. The minimum atomic E-state index is -0.491. The highest BCUT2D eigenvalue weighted by molar-refractivity contribution is 9.10. The maximum atomic E-state index is 11.6. The Bertz CT molecular complexity index is 377. The van der Waals surface area contributed by atoms with Crippen LogP contribution in [-0.4, -0.2) is 11.9 Å². The average Bonchev–Trinajstić information content (AvgIpc) is 2.17. The Balaban J connectivity index is 0.00000256. The molecule has 1 rings (SSSR count). The minimum absolute atomic E-state index is 0. The molecule has 0 aliphatic rings. The average molecular weight is 322 g/mol. The summed E-state index contributed by atoms with van der Waals surface area (Å²) in [4.78, 5) is 11.6. The first-order valence-corrected chi connectivity index (χ1v) is 5.96. The second-order valence-electron chi connectivity index (χ2n) is 4.41. The highest BCUT2D eigenvalue weighted by Crippen LogP contribution is 2.22. The number of nitrogens with two attached hydrogens (primary N) is 1. The SMILES string of the molecule is C[C@@H](N)C(=O)NC(C)(C)c1ccc(Br)cc1.Cl. The number of carbonyl (C=O) groups is 1. The molecule has 0 radical (unpaired) electrons. The third-order valence-electron chi connectivity index (χ3n) is 2.42. The van der Waals surface area contributed by atoms with Gasteiger partial charge in [0.15, 0.2) is 0 Å². The molecule has 1 aromatic rings. The molecule has 3 nitrogen and oxygen atoms in total. The van der Waals surface area contributed by atoms with Crippen molar-refractivity contribution in [1.82, 2.24) is 5.32 Å². The summed E-state index contributed by atoms with van der Waals surface area (Å²) >= 11 is 3.38. The summed E-state index contributed by atoms with van der Waals surface area (Å²) in [6.45, 7) is 5.58. The molecular formula is C12H18BrClN2O. The van der Waals surface area contributed by atoms with Crippen molar-refractivity contribution in [2.24, 2.45) is 5.73 Å². The molecular weight excluding hydrogens is 304 g/mol. The van der Waals surface area contributed by atoms with Crippen LogP contribution in [0.2, 0.25) is 0 Å². The van der Waals surface area contributed by atoms with Crippen LogP contribution in [0.4, 0.5) is 0 Å². The fraction of sp³-hybridized carbons (Fsp3) is 0.417. The molecule has 96 valence electrons. The van der Waals surface area contributed by atoms with Gasteiger partial charge in [-0.2, -0.15) is 0 Å². The van der Waals surface area contributed by atoms with E-state index in [1.54, 1.807) is 6.92 Å². The quantitative estimate of drug-likeness (QED) is 0.899. The number of nitrogens with one attached hydrogen (secondary N) is 1. The van der Waals surface area contributed by atoms with E-state index in [4.69, 9.17) is 5.73 Å². The van der Waals surface area contributed by atoms with Gasteiger partial charge in [-0.05, 0) is 38.5 Å². The fourth-order valence-electron chi connectivity index (χ4n) is 1.36. The van der Waals surface area contributed by atoms with E-state index in [0.29, 0.717) is 0 Å². The maximum Gasteiger partial charge on any atom is 0.237 e. The number of hydrogen-bond donors (Lipinski definition) is 2. The van der Waals surface area contributed by atoms with Crippen molar-refractivity contribution in [3.05, 3.63) is 34.3 Å². The fourth-order valence-corrected chi connectivity index (χ4v) is 1.62. The molecule has 0 aromatic heterocycles. The predicted molar refractivity (Wildman–Crippen MR) is 76.2 cm³/mol. The summed E-state index contributed by atoms with van der Waals surface area (Å²) in [6.07, 6.45) is 0. The lowest BCUT2D eigenvalue weighted by Crippen LogP contribution is -2.47. The van der Waals surface area contributed by atoms with Gasteiger partial charge < -0.3 is 11.1 Å². The van der Waals surface area contributed by atoms with Crippen molar-refractivity contribution in [2.75, 3.05) is 0 Å². The summed E-state index contributed by atoms with van der Waals surface area (Å²) in [5.41, 5.74) is 6.16. The van der Waals surface area contributed by atoms with Gasteiger partial charge in [-0.3, -0.25) is 4.79 Å². The molecule has 1 aromatic carbocycles. The zero-order valence-corrected chi connectivity index (χ0v) is 12.6. The molecule has 0 bridgehead atoms. The zero-order valence-electron chi connectivity index (χ0n) is 10.2. The number of benzene rings is 1. The van der Waals surface area contributed by atoms with E-state index in [1.807, 2.05) is 38.1 Å².